The maximum atomic E-state index is 16.7. The van der Waals surface area contributed by atoms with Gasteiger partial charge >= 0.3 is 11.9 Å². The van der Waals surface area contributed by atoms with Crippen LogP contribution in [0.15, 0.2) is 4.99 Å². The number of ether oxygens (including phenoxy) is 2. The summed E-state index contributed by atoms with van der Waals surface area (Å²) in [4.78, 5) is 39.3. The van der Waals surface area contributed by atoms with Gasteiger partial charge in [-0.15, -0.1) is 0 Å². The molecule has 2 unspecified atom stereocenters. The largest absolute Gasteiger partial charge is 0.468 e. The summed E-state index contributed by atoms with van der Waals surface area (Å²) in [6.45, 7) is 6.46. The van der Waals surface area contributed by atoms with Gasteiger partial charge in [0.1, 0.15) is 10.8 Å². The summed E-state index contributed by atoms with van der Waals surface area (Å²) in [6.07, 6.45) is 0. The fourth-order valence-electron chi connectivity index (χ4n) is 27.4. The first kappa shape index (κ1) is 29.8. The van der Waals surface area contributed by atoms with Crippen LogP contribution in [-0.2, 0) is 29.9 Å². The zero-order valence-electron chi connectivity index (χ0n) is 40.1. The van der Waals surface area contributed by atoms with Crippen molar-refractivity contribution in [3.05, 3.63) is 22.3 Å². The fourth-order valence-corrected chi connectivity index (χ4v) is 27.4. The van der Waals surface area contributed by atoms with Gasteiger partial charge in [0.15, 0.2) is 0 Å². The van der Waals surface area contributed by atoms with Crippen LogP contribution in [0, 0.1) is 10.8 Å². The first-order valence-electron chi connectivity index (χ1n) is 27.8. The second kappa shape index (κ2) is 6.52. The number of nitrogens with zero attached hydrogens (tertiary/aromatic N) is 1. The molecule has 28 aromatic rings. The van der Waals surface area contributed by atoms with Crippen LogP contribution in [0.25, 0.3) is 291 Å². The molecule has 28 aromatic carbocycles. The standard InChI is InChI=1S/C71H15NO4/c1-67(2,3)72-64-70(65(73)75-4)68-60-52-44-34-24-16-8-6-7-10-14-12(8)20-28-22(14)32-26-18(10)19-11(7)15-13-9(6)17(16)25-31-21(13)29-23(15)33-27(19)37-36(26)46-40(32)50-42(28)48(38(44)30(20)24)56(60)58(50)62-54(46)55-47(37)41(33)51-43(29)49-39(31)45(35(25)34)53(52)61(68)57(49)59(51)63(55)69(62,68)71(64,70)66(74)76-5/h1-5H3. The van der Waals surface area contributed by atoms with E-state index < -0.39 is 27.2 Å². The van der Waals surface area contributed by atoms with E-state index in [1.807, 2.05) is 0 Å². The third kappa shape index (κ3) is 1.50. The summed E-state index contributed by atoms with van der Waals surface area (Å²) in [5.41, 5.74) is 0.368. The Bertz CT molecular complexity index is 7070. The SMILES string of the molecule is COC(=O)C12C(=NC(C)(C)C)C1(C(=O)OC)C13c4c5c6c7c8c9c(c%10c%11c1c1c4c4c%12c5c5c6c6c8c8c%13c9c9c%10c%10c%11c%11c1c1c4c4c%12c%12c5c5c6c8c6c8c%13c9c9c%10c%10c%11c1c1c4c4c%12c5c6c5c8c9c%10c1c45)C723. The topological polar surface area (TPSA) is 65.0 Å². The van der Waals surface area contributed by atoms with Gasteiger partial charge < -0.3 is 9.47 Å². The molecule has 76 heavy (non-hydrogen) atoms. The van der Waals surface area contributed by atoms with Crippen molar-refractivity contribution in [3.63, 3.8) is 0 Å². The molecule has 2 atom stereocenters. The van der Waals surface area contributed by atoms with Crippen molar-refractivity contribution in [2.45, 2.75) is 37.1 Å². The molecule has 2 fully saturated rings. The van der Waals surface area contributed by atoms with Crippen molar-refractivity contribution >= 4 is 309 Å². The minimum Gasteiger partial charge on any atom is -0.468 e. The minimum absolute atomic E-state index is 0.330. The van der Waals surface area contributed by atoms with Crippen LogP contribution < -0.4 is 0 Å². The number of esters is 2. The van der Waals surface area contributed by atoms with Gasteiger partial charge in [-0.2, -0.15) is 0 Å². The maximum Gasteiger partial charge on any atom is 0.320 e. The second-order valence-electron chi connectivity index (χ2n) is 28.4. The van der Waals surface area contributed by atoms with Gasteiger partial charge in [0.05, 0.1) is 36.3 Å². The monoisotopic (exact) mass is 945 g/mol. The molecular formula is C71H15NO4. The molecule has 2 spiro atoms. The number of benzene rings is 18. The predicted molar refractivity (Wildman–Crippen MR) is 310 cm³/mol. The van der Waals surface area contributed by atoms with E-state index in [0.29, 0.717) is 5.71 Å². The van der Waals surface area contributed by atoms with Crippen molar-refractivity contribution in [2.75, 3.05) is 14.2 Å². The van der Waals surface area contributed by atoms with Gasteiger partial charge in [0.2, 0.25) is 0 Å². The Morgan fingerprint density at radius 3 is 0.513 bits per heavy atom. The lowest BCUT2D eigenvalue weighted by Gasteiger charge is -2.67. The van der Waals surface area contributed by atoms with Crippen molar-refractivity contribution in [3.8, 4) is 0 Å². The van der Waals surface area contributed by atoms with Crippen LogP contribution in [-0.4, -0.2) is 37.4 Å². The number of carbonyl (C=O) groups is 2. The average molecular weight is 946 g/mol. The van der Waals surface area contributed by atoms with E-state index in [1.54, 1.807) is 89.6 Å². The lowest BCUT2D eigenvalue weighted by Crippen LogP contribution is -2.76. The molecule has 0 amide bonds. The molecule has 6 aliphatic carbocycles. The summed E-state index contributed by atoms with van der Waals surface area (Å²) in [7, 11) is 3.17. The van der Waals surface area contributed by atoms with Crippen LogP contribution >= 0.6 is 0 Å². The molecule has 0 aliphatic heterocycles. The highest BCUT2D eigenvalue weighted by molar-refractivity contribution is 6.82. The first-order valence-corrected chi connectivity index (χ1v) is 27.8. The summed E-state index contributed by atoms with van der Waals surface area (Å²) >= 11 is 0. The molecule has 5 heteroatoms. The molecule has 0 heterocycles. The molecule has 0 radical (unpaired) electrons. The maximum absolute atomic E-state index is 16.7. The first-order chi connectivity index (χ1) is 37.3. The molecule has 34 rings (SSSR count). The minimum atomic E-state index is -1.46. The molecule has 5 nitrogen and oxygen atoms in total. The number of methoxy groups -OCH3 is 2. The Hall–Kier alpha value is -8.93. The lowest BCUT2D eigenvalue weighted by molar-refractivity contribution is -0.180. The van der Waals surface area contributed by atoms with Gasteiger partial charge in [-0.25, -0.2) is 0 Å². The summed E-state index contributed by atoms with van der Waals surface area (Å²) in [6, 6.07) is 0. The molecule has 6 aliphatic rings. The van der Waals surface area contributed by atoms with Crippen molar-refractivity contribution < 1.29 is 19.1 Å². The molecule has 328 valence electrons. The van der Waals surface area contributed by atoms with E-state index in [9.17, 15) is 0 Å². The molecule has 0 bridgehead atoms. The third-order valence-electron chi connectivity index (χ3n) is 27.1. The second-order valence-corrected chi connectivity index (χ2v) is 28.4. The normalized spacial score (nSPS) is 26.0. The number of hydrogen-bond acceptors (Lipinski definition) is 5. The molecule has 0 N–H and O–H groups in total. The Morgan fingerprint density at radius 2 is 0.395 bits per heavy atom. The van der Waals surface area contributed by atoms with Gasteiger partial charge in [0.25, 0.3) is 0 Å². The number of rotatable bonds is 2. The number of aliphatic imine (C=N–C) groups is 1. The quantitative estimate of drug-likeness (QED) is 0.128. The Morgan fingerprint density at radius 1 is 0.263 bits per heavy atom. The molecular weight excluding hydrogens is 931 g/mol. The van der Waals surface area contributed by atoms with E-state index in [4.69, 9.17) is 14.5 Å². The molecule has 2 saturated carbocycles. The summed E-state index contributed by atoms with van der Waals surface area (Å²) < 4.78 is 13.0. The van der Waals surface area contributed by atoms with Crippen LogP contribution in [0.4, 0.5) is 0 Å². The van der Waals surface area contributed by atoms with E-state index in [1.165, 1.54) is 238 Å². The smallest absolute Gasteiger partial charge is 0.320 e. The van der Waals surface area contributed by atoms with Crippen molar-refractivity contribution in [2.24, 2.45) is 15.8 Å². The lowest BCUT2D eigenvalue weighted by atomic mass is 9.30. The summed E-state index contributed by atoms with van der Waals surface area (Å²) in [5, 5.41) is 80.3. The highest BCUT2D eigenvalue weighted by Crippen LogP contribution is 3.01. The molecule has 0 saturated heterocycles. The van der Waals surface area contributed by atoms with E-state index in [-0.39, 0.29) is 11.9 Å². The van der Waals surface area contributed by atoms with E-state index in [0.717, 1.165) is 0 Å². The van der Waals surface area contributed by atoms with Gasteiger partial charge in [-0.05, 0) is 334 Å². The highest BCUT2D eigenvalue weighted by atomic mass is 16.5. The summed E-state index contributed by atoms with van der Waals surface area (Å²) in [5.74, 6) is -0.659. The van der Waals surface area contributed by atoms with Crippen LogP contribution in [0.3, 0.4) is 0 Å². The zero-order chi connectivity index (χ0) is 46.8. The van der Waals surface area contributed by atoms with E-state index >= 15 is 9.59 Å². The predicted octanol–water partition coefficient (Wildman–Crippen LogP) is 16.9. The highest BCUT2D eigenvalue weighted by Gasteiger charge is 3.11. The number of carbonyl (C=O) groups excluding carboxylic acids is 2. The third-order valence-corrected chi connectivity index (χ3v) is 27.1. The Labute approximate surface area is 414 Å². The van der Waals surface area contributed by atoms with Crippen LogP contribution in [0.5, 0.6) is 0 Å². The van der Waals surface area contributed by atoms with Gasteiger partial charge in [-0.1, -0.05) is 0 Å². The number of hydrogen-bond donors (Lipinski definition) is 0. The molecule has 0 aromatic heterocycles. The van der Waals surface area contributed by atoms with Gasteiger partial charge in [0, 0.05) is 0 Å². The Balaban J connectivity index is 1.15. The van der Waals surface area contributed by atoms with Gasteiger partial charge in [-0.3, -0.25) is 14.6 Å². The van der Waals surface area contributed by atoms with Crippen molar-refractivity contribution in [1.29, 1.82) is 0 Å². The van der Waals surface area contributed by atoms with E-state index in [2.05, 4.69) is 20.8 Å². The average Bonchev–Trinajstić information content (AvgIpc) is 1.56. The van der Waals surface area contributed by atoms with Crippen LogP contribution in [0.1, 0.15) is 43.0 Å². The Kier molecular flexibility index (Phi) is 2.56. The zero-order valence-corrected chi connectivity index (χ0v) is 40.1. The van der Waals surface area contributed by atoms with Crippen molar-refractivity contribution in [1.82, 2.24) is 0 Å². The fraction of sp³-hybridized carbons (Fsp3) is 0.141. The van der Waals surface area contributed by atoms with Crippen LogP contribution in [0.2, 0.25) is 0 Å². The number of fused-ring (bicyclic) bond motifs is 1.